The fraction of sp³-hybridized carbons (Fsp3) is 0.429. The van der Waals surface area contributed by atoms with E-state index in [-0.39, 0.29) is 11.4 Å². The predicted molar refractivity (Wildman–Crippen MR) is 106 cm³/mol. The highest BCUT2D eigenvalue weighted by Gasteiger charge is 2.19. The molecule has 0 heterocycles. The zero-order valence-corrected chi connectivity index (χ0v) is 17.0. The zero-order valence-electron chi connectivity index (χ0n) is 16.2. The van der Waals surface area contributed by atoms with E-state index in [1.165, 1.54) is 24.0 Å². The molecule has 0 amide bonds. The van der Waals surface area contributed by atoms with Crippen LogP contribution in [-0.4, -0.2) is 28.7 Å². The van der Waals surface area contributed by atoms with Crippen molar-refractivity contribution in [2.75, 3.05) is 20.3 Å². The number of rotatable bonds is 7. The van der Waals surface area contributed by atoms with Gasteiger partial charge in [0.2, 0.25) is 10.0 Å². The standard InChI is InChI=1S/C21H27NO4S/c1-15-14-21(16(2)13-20(15)25-3)27(23,24)22-11-12-26-19-10-6-8-17-7-4-5-9-18(17)19/h6,8,10,13-14,22H,4-5,7,9,11-12H2,1-3H3. The fourth-order valence-electron chi connectivity index (χ4n) is 3.57. The molecule has 27 heavy (non-hydrogen) atoms. The molecule has 1 aliphatic carbocycles. The molecular weight excluding hydrogens is 362 g/mol. The van der Waals surface area contributed by atoms with Crippen LogP contribution in [0.15, 0.2) is 35.2 Å². The summed E-state index contributed by atoms with van der Waals surface area (Å²) < 4.78 is 39.1. The average Bonchev–Trinajstić information content (AvgIpc) is 2.66. The summed E-state index contributed by atoms with van der Waals surface area (Å²) in [4.78, 5) is 0.276. The topological polar surface area (TPSA) is 64.6 Å². The van der Waals surface area contributed by atoms with Crippen molar-refractivity contribution in [3.63, 3.8) is 0 Å². The molecule has 0 saturated carbocycles. The predicted octanol–water partition coefficient (Wildman–Crippen LogP) is 3.55. The van der Waals surface area contributed by atoms with Gasteiger partial charge in [-0.15, -0.1) is 0 Å². The highest BCUT2D eigenvalue weighted by molar-refractivity contribution is 7.89. The number of fused-ring (bicyclic) bond motifs is 1. The zero-order chi connectivity index (χ0) is 19.4. The molecule has 2 aromatic rings. The molecule has 0 aliphatic heterocycles. The minimum Gasteiger partial charge on any atom is -0.496 e. The van der Waals surface area contributed by atoms with Gasteiger partial charge in [0, 0.05) is 6.54 Å². The summed E-state index contributed by atoms with van der Waals surface area (Å²) in [6.07, 6.45) is 4.52. The summed E-state index contributed by atoms with van der Waals surface area (Å²) >= 11 is 0. The molecule has 0 bridgehead atoms. The minimum atomic E-state index is -3.60. The molecule has 0 atom stereocenters. The Balaban J connectivity index is 1.63. The van der Waals surface area contributed by atoms with Gasteiger partial charge in [-0.25, -0.2) is 13.1 Å². The third-order valence-corrected chi connectivity index (χ3v) is 6.59. The molecule has 1 N–H and O–H groups in total. The van der Waals surface area contributed by atoms with E-state index in [1.807, 2.05) is 19.1 Å². The molecule has 0 spiro atoms. The number of hydrogen-bond acceptors (Lipinski definition) is 4. The number of hydrogen-bond donors (Lipinski definition) is 1. The van der Waals surface area contributed by atoms with Crippen molar-refractivity contribution >= 4 is 10.0 Å². The maximum atomic E-state index is 12.6. The smallest absolute Gasteiger partial charge is 0.240 e. The van der Waals surface area contributed by atoms with Gasteiger partial charge in [0.15, 0.2) is 0 Å². The SMILES string of the molecule is COc1cc(C)c(S(=O)(=O)NCCOc2cccc3c2CCCC3)cc1C. The Hall–Kier alpha value is -2.05. The summed E-state index contributed by atoms with van der Waals surface area (Å²) in [7, 11) is -2.02. The quantitative estimate of drug-likeness (QED) is 0.736. The van der Waals surface area contributed by atoms with Crippen molar-refractivity contribution in [3.8, 4) is 11.5 Å². The fourth-order valence-corrected chi connectivity index (χ4v) is 4.89. The molecular formula is C21H27NO4S. The third-order valence-electron chi connectivity index (χ3n) is 4.99. The lowest BCUT2D eigenvalue weighted by atomic mass is 9.91. The molecule has 3 rings (SSSR count). The second-order valence-electron chi connectivity index (χ2n) is 6.93. The first-order valence-corrected chi connectivity index (χ1v) is 10.8. The lowest BCUT2D eigenvalue weighted by Gasteiger charge is -2.19. The molecule has 1 aliphatic rings. The second kappa shape index (κ2) is 8.31. The van der Waals surface area contributed by atoms with E-state index in [2.05, 4.69) is 10.8 Å². The Morgan fingerprint density at radius 2 is 1.81 bits per heavy atom. The van der Waals surface area contributed by atoms with Gasteiger partial charge in [0.1, 0.15) is 18.1 Å². The van der Waals surface area contributed by atoms with E-state index in [1.54, 1.807) is 26.2 Å². The van der Waals surface area contributed by atoms with Crippen LogP contribution in [-0.2, 0) is 22.9 Å². The Labute approximate surface area is 161 Å². The summed E-state index contributed by atoms with van der Waals surface area (Å²) in [6, 6.07) is 9.52. The first-order valence-electron chi connectivity index (χ1n) is 9.31. The Morgan fingerprint density at radius 1 is 1.04 bits per heavy atom. The van der Waals surface area contributed by atoms with Gasteiger partial charge in [0.05, 0.1) is 12.0 Å². The lowest BCUT2D eigenvalue weighted by molar-refractivity contribution is 0.318. The number of aryl methyl sites for hydroxylation is 3. The van der Waals surface area contributed by atoms with E-state index in [0.717, 1.165) is 24.2 Å². The van der Waals surface area contributed by atoms with E-state index in [9.17, 15) is 8.42 Å². The summed E-state index contributed by atoms with van der Waals surface area (Å²) in [5.41, 5.74) is 4.07. The van der Waals surface area contributed by atoms with Gasteiger partial charge in [-0.1, -0.05) is 12.1 Å². The Bertz CT molecular complexity index is 922. The van der Waals surface area contributed by atoms with Gasteiger partial charge < -0.3 is 9.47 Å². The van der Waals surface area contributed by atoms with Crippen molar-refractivity contribution in [2.24, 2.45) is 0 Å². The molecule has 0 aromatic heterocycles. The normalized spacial score (nSPS) is 13.9. The Kier molecular flexibility index (Phi) is 6.07. The van der Waals surface area contributed by atoms with Crippen LogP contribution in [0.1, 0.15) is 35.1 Å². The average molecular weight is 390 g/mol. The van der Waals surface area contributed by atoms with Crippen LogP contribution in [0.25, 0.3) is 0 Å². The molecule has 0 unspecified atom stereocenters. The number of methoxy groups -OCH3 is 1. The van der Waals surface area contributed by atoms with E-state index >= 15 is 0 Å². The molecule has 146 valence electrons. The first kappa shape index (κ1) is 19.7. The number of sulfonamides is 1. The number of ether oxygens (including phenoxy) is 2. The van der Waals surface area contributed by atoms with Gasteiger partial charge in [0.25, 0.3) is 0 Å². The van der Waals surface area contributed by atoms with Gasteiger partial charge in [-0.2, -0.15) is 0 Å². The van der Waals surface area contributed by atoms with E-state index in [0.29, 0.717) is 17.9 Å². The van der Waals surface area contributed by atoms with Crippen LogP contribution in [0, 0.1) is 13.8 Å². The van der Waals surface area contributed by atoms with Gasteiger partial charge >= 0.3 is 0 Å². The first-order chi connectivity index (χ1) is 12.9. The lowest BCUT2D eigenvalue weighted by Crippen LogP contribution is -2.29. The highest BCUT2D eigenvalue weighted by atomic mass is 32.2. The molecule has 0 saturated heterocycles. The van der Waals surface area contributed by atoms with Crippen LogP contribution < -0.4 is 14.2 Å². The number of nitrogens with one attached hydrogen (secondary N) is 1. The third kappa shape index (κ3) is 4.45. The maximum Gasteiger partial charge on any atom is 0.240 e. The monoisotopic (exact) mass is 389 g/mol. The molecule has 2 aromatic carbocycles. The van der Waals surface area contributed by atoms with Crippen LogP contribution >= 0.6 is 0 Å². The molecule has 6 heteroatoms. The van der Waals surface area contributed by atoms with E-state index < -0.39 is 10.0 Å². The minimum absolute atomic E-state index is 0.219. The van der Waals surface area contributed by atoms with Crippen LogP contribution in [0.5, 0.6) is 11.5 Å². The summed E-state index contributed by atoms with van der Waals surface area (Å²) in [6.45, 7) is 4.11. The maximum absolute atomic E-state index is 12.6. The highest BCUT2D eigenvalue weighted by Crippen LogP contribution is 2.29. The largest absolute Gasteiger partial charge is 0.496 e. The number of benzene rings is 2. The molecule has 5 nitrogen and oxygen atoms in total. The Morgan fingerprint density at radius 3 is 2.59 bits per heavy atom. The van der Waals surface area contributed by atoms with Gasteiger partial charge in [-0.3, -0.25) is 0 Å². The van der Waals surface area contributed by atoms with Crippen molar-refractivity contribution in [2.45, 2.75) is 44.4 Å². The van der Waals surface area contributed by atoms with Crippen LogP contribution in [0.2, 0.25) is 0 Å². The van der Waals surface area contributed by atoms with Crippen molar-refractivity contribution in [3.05, 3.63) is 52.6 Å². The summed E-state index contributed by atoms with van der Waals surface area (Å²) in [5.74, 6) is 1.56. The molecule has 0 fully saturated rings. The van der Waals surface area contributed by atoms with Crippen molar-refractivity contribution in [1.29, 1.82) is 0 Å². The second-order valence-corrected chi connectivity index (χ2v) is 8.67. The molecule has 0 radical (unpaired) electrons. The summed E-state index contributed by atoms with van der Waals surface area (Å²) in [5, 5.41) is 0. The van der Waals surface area contributed by atoms with Crippen molar-refractivity contribution in [1.82, 2.24) is 4.72 Å². The van der Waals surface area contributed by atoms with Crippen LogP contribution in [0.3, 0.4) is 0 Å². The van der Waals surface area contributed by atoms with Gasteiger partial charge in [-0.05, 0) is 80.0 Å². The van der Waals surface area contributed by atoms with E-state index in [4.69, 9.17) is 9.47 Å². The van der Waals surface area contributed by atoms with Crippen molar-refractivity contribution < 1.29 is 17.9 Å². The van der Waals surface area contributed by atoms with Crippen LogP contribution in [0.4, 0.5) is 0 Å².